The number of ether oxygens (including phenoxy) is 4. The minimum Gasteiger partial charge on any atom is -0.448 e. The second-order valence-corrected chi connectivity index (χ2v) is 9.01. The predicted octanol–water partition coefficient (Wildman–Crippen LogP) is 4.01. The summed E-state index contributed by atoms with van der Waals surface area (Å²) in [5.41, 5.74) is 4.65. The zero-order chi connectivity index (χ0) is 24.6. The van der Waals surface area contributed by atoms with Crippen molar-refractivity contribution in [2.75, 3.05) is 40.5 Å². The highest BCUT2D eigenvalue weighted by Gasteiger charge is 2.62. The van der Waals surface area contributed by atoms with Gasteiger partial charge in [-0.05, 0) is 28.7 Å². The topological polar surface area (TPSA) is 77.5 Å². The van der Waals surface area contributed by atoms with Gasteiger partial charge in [0.05, 0.1) is 12.6 Å². The quantitative estimate of drug-likeness (QED) is 0.461. The average molecular weight is 479 g/mol. The number of amides is 2. The number of carbonyl (C=O) groups is 2. The molecule has 2 saturated heterocycles. The van der Waals surface area contributed by atoms with Gasteiger partial charge in [-0.15, -0.1) is 0 Å². The fourth-order valence-electron chi connectivity index (χ4n) is 5.83. The Bertz CT molecular complexity index is 1080. The van der Waals surface area contributed by atoms with Crippen LogP contribution in [0.2, 0.25) is 0 Å². The zero-order valence-electron chi connectivity index (χ0n) is 20.0. The molecule has 5 rings (SSSR count). The number of rotatable bonds is 6. The van der Waals surface area contributed by atoms with E-state index in [1.807, 2.05) is 24.3 Å². The number of methoxy groups -OCH3 is 2. The summed E-state index contributed by atoms with van der Waals surface area (Å²) < 4.78 is 22.7. The molecule has 2 aromatic carbocycles. The molecule has 0 N–H and O–H groups in total. The monoisotopic (exact) mass is 478 g/mol. The van der Waals surface area contributed by atoms with Crippen molar-refractivity contribution in [2.45, 2.75) is 30.2 Å². The average Bonchev–Trinajstić information content (AvgIpc) is 3.56. The largest absolute Gasteiger partial charge is 0.448 e. The smallest absolute Gasteiger partial charge is 0.410 e. The second kappa shape index (κ2) is 9.36. The lowest BCUT2D eigenvalue weighted by atomic mass is 9.98. The highest BCUT2D eigenvalue weighted by atomic mass is 16.7. The number of nitrogens with zero attached hydrogens (tertiary/aromatic N) is 2. The van der Waals surface area contributed by atoms with Crippen LogP contribution in [0.3, 0.4) is 0 Å². The van der Waals surface area contributed by atoms with E-state index in [-0.39, 0.29) is 31.7 Å². The van der Waals surface area contributed by atoms with E-state index >= 15 is 0 Å². The van der Waals surface area contributed by atoms with Gasteiger partial charge in [-0.3, -0.25) is 9.80 Å². The van der Waals surface area contributed by atoms with Crippen molar-refractivity contribution in [1.82, 2.24) is 9.80 Å². The first kappa shape index (κ1) is 23.4. The third-order valence-electron chi connectivity index (χ3n) is 7.43. The lowest BCUT2D eigenvalue weighted by Gasteiger charge is -2.35. The van der Waals surface area contributed by atoms with Crippen LogP contribution in [0, 0.1) is 0 Å². The van der Waals surface area contributed by atoms with E-state index in [1.54, 1.807) is 9.80 Å². The van der Waals surface area contributed by atoms with Gasteiger partial charge in [0, 0.05) is 26.7 Å². The first-order chi connectivity index (χ1) is 17.0. The number of hydrogen-bond donors (Lipinski definition) is 0. The van der Waals surface area contributed by atoms with Gasteiger partial charge in [-0.1, -0.05) is 61.2 Å². The molecule has 0 aromatic heterocycles. The molecule has 8 nitrogen and oxygen atoms in total. The van der Waals surface area contributed by atoms with E-state index in [0.29, 0.717) is 13.0 Å². The fourth-order valence-corrected chi connectivity index (χ4v) is 5.83. The molecule has 2 heterocycles. The third kappa shape index (κ3) is 3.77. The minimum atomic E-state index is -1.17. The first-order valence-electron chi connectivity index (χ1n) is 11.8. The number of fused-ring (bicyclic) bond motifs is 4. The predicted molar refractivity (Wildman–Crippen MR) is 129 cm³/mol. The summed E-state index contributed by atoms with van der Waals surface area (Å²) in [6.07, 6.45) is 1.17. The van der Waals surface area contributed by atoms with Crippen molar-refractivity contribution < 1.29 is 28.5 Å². The van der Waals surface area contributed by atoms with Crippen LogP contribution in [-0.4, -0.2) is 80.4 Å². The van der Waals surface area contributed by atoms with Crippen molar-refractivity contribution >= 4 is 12.2 Å². The molecule has 0 saturated carbocycles. The number of carbonyl (C=O) groups excluding carboxylic acids is 2. The fraction of sp³-hybridized carbons (Fsp3) is 0.407. The summed E-state index contributed by atoms with van der Waals surface area (Å²) in [4.78, 5) is 29.3. The van der Waals surface area contributed by atoms with Gasteiger partial charge >= 0.3 is 12.2 Å². The van der Waals surface area contributed by atoms with Gasteiger partial charge < -0.3 is 18.9 Å². The molecule has 184 valence electrons. The molecule has 35 heavy (non-hydrogen) atoms. The normalized spacial score (nSPS) is 21.9. The van der Waals surface area contributed by atoms with Crippen LogP contribution in [0.1, 0.15) is 23.5 Å². The molecular formula is C27H30N2O6. The summed E-state index contributed by atoms with van der Waals surface area (Å²) in [5.74, 6) is -1.20. The Labute approximate surface area is 205 Å². The second-order valence-electron chi connectivity index (χ2n) is 9.01. The van der Waals surface area contributed by atoms with Crippen LogP contribution in [0.4, 0.5) is 9.59 Å². The maximum atomic E-state index is 13.4. The standard InChI is InChI=1S/C27H30N2O6/c1-4-15-34-26(31)29-17-27(32-2,33-3)24-23(29)13-14-28(24)25(30)35-16-22-20-11-7-5-9-18(20)19-10-6-8-12-21(19)22/h4-12,22-24H,1,13-17H2,2-3H3. The molecule has 2 fully saturated rings. The zero-order valence-corrected chi connectivity index (χ0v) is 20.0. The van der Waals surface area contributed by atoms with Crippen molar-refractivity contribution in [1.29, 1.82) is 0 Å². The molecule has 2 aromatic rings. The summed E-state index contributed by atoms with van der Waals surface area (Å²) in [5, 5.41) is 0. The van der Waals surface area contributed by atoms with Gasteiger partial charge in [0.25, 0.3) is 0 Å². The summed E-state index contributed by atoms with van der Waals surface area (Å²) in [6.45, 7) is 4.49. The van der Waals surface area contributed by atoms with Crippen LogP contribution in [0.25, 0.3) is 11.1 Å². The van der Waals surface area contributed by atoms with E-state index in [2.05, 4.69) is 30.8 Å². The number of likely N-dealkylation sites (tertiary alicyclic amines) is 2. The Morgan fingerprint density at radius 1 is 0.971 bits per heavy atom. The molecule has 2 unspecified atom stereocenters. The number of hydrogen-bond acceptors (Lipinski definition) is 6. The SMILES string of the molecule is C=CCOC(=O)N1CC(OC)(OC)C2C1CCN2C(=O)OCC1c2ccccc2-c2ccccc21. The van der Waals surface area contributed by atoms with E-state index < -0.39 is 24.0 Å². The summed E-state index contributed by atoms with van der Waals surface area (Å²) in [6, 6.07) is 15.6. The molecule has 2 amide bonds. The molecule has 0 spiro atoms. The molecule has 0 radical (unpaired) electrons. The lowest BCUT2D eigenvalue weighted by Crippen LogP contribution is -2.55. The highest BCUT2D eigenvalue weighted by Crippen LogP contribution is 2.45. The van der Waals surface area contributed by atoms with E-state index in [4.69, 9.17) is 18.9 Å². The van der Waals surface area contributed by atoms with Gasteiger partial charge in [0.2, 0.25) is 5.79 Å². The van der Waals surface area contributed by atoms with Crippen LogP contribution in [0.15, 0.2) is 61.2 Å². The lowest BCUT2D eigenvalue weighted by molar-refractivity contribution is -0.219. The Balaban J connectivity index is 1.34. The molecule has 2 aliphatic heterocycles. The Kier molecular flexibility index (Phi) is 6.25. The van der Waals surface area contributed by atoms with E-state index in [1.165, 1.54) is 31.4 Å². The summed E-state index contributed by atoms with van der Waals surface area (Å²) in [7, 11) is 3.04. The Morgan fingerprint density at radius 3 is 2.17 bits per heavy atom. The highest BCUT2D eigenvalue weighted by molar-refractivity contribution is 5.79. The first-order valence-corrected chi connectivity index (χ1v) is 11.8. The maximum Gasteiger partial charge on any atom is 0.410 e. The van der Waals surface area contributed by atoms with Crippen LogP contribution in [0.5, 0.6) is 0 Å². The van der Waals surface area contributed by atoms with E-state index in [0.717, 1.165) is 11.1 Å². The van der Waals surface area contributed by atoms with Crippen molar-refractivity contribution in [3.05, 3.63) is 72.3 Å². The van der Waals surface area contributed by atoms with Crippen LogP contribution < -0.4 is 0 Å². The molecule has 0 bridgehead atoms. The molecule has 3 aliphatic rings. The van der Waals surface area contributed by atoms with Crippen LogP contribution in [-0.2, 0) is 18.9 Å². The minimum absolute atomic E-state index is 0.0340. The Morgan fingerprint density at radius 2 is 1.57 bits per heavy atom. The number of benzene rings is 2. The maximum absolute atomic E-state index is 13.4. The third-order valence-corrected chi connectivity index (χ3v) is 7.43. The molecular weight excluding hydrogens is 448 g/mol. The van der Waals surface area contributed by atoms with Crippen molar-refractivity contribution in [3.8, 4) is 11.1 Å². The van der Waals surface area contributed by atoms with Gasteiger partial charge in [0.1, 0.15) is 19.3 Å². The Hall–Kier alpha value is -3.36. The summed E-state index contributed by atoms with van der Waals surface area (Å²) >= 11 is 0. The van der Waals surface area contributed by atoms with Crippen LogP contribution >= 0.6 is 0 Å². The van der Waals surface area contributed by atoms with Gasteiger partial charge in [-0.25, -0.2) is 9.59 Å². The van der Waals surface area contributed by atoms with Crippen molar-refractivity contribution in [2.24, 2.45) is 0 Å². The van der Waals surface area contributed by atoms with Crippen molar-refractivity contribution in [3.63, 3.8) is 0 Å². The van der Waals surface area contributed by atoms with Gasteiger partial charge in [0.15, 0.2) is 0 Å². The van der Waals surface area contributed by atoms with E-state index in [9.17, 15) is 9.59 Å². The molecule has 1 aliphatic carbocycles. The molecule has 2 atom stereocenters. The molecule has 8 heteroatoms. The van der Waals surface area contributed by atoms with Gasteiger partial charge in [-0.2, -0.15) is 0 Å².